The van der Waals surface area contributed by atoms with Crippen molar-refractivity contribution in [2.24, 2.45) is 0 Å². The van der Waals surface area contributed by atoms with Gasteiger partial charge in [-0.1, -0.05) is 19.3 Å². The monoisotopic (exact) mass is 260 g/mol. The lowest BCUT2D eigenvalue weighted by molar-refractivity contribution is -0.144. The minimum atomic E-state index is -0.103. The molecule has 0 bridgehead atoms. The van der Waals surface area contributed by atoms with Crippen LogP contribution in [0.3, 0.4) is 0 Å². The summed E-state index contributed by atoms with van der Waals surface area (Å²) in [7, 11) is 1.68. The van der Waals surface area contributed by atoms with Crippen molar-refractivity contribution in [3.05, 3.63) is 0 Å². The molecule has 0 spiro atoms. The van der Waals surface area contributed by atoms with Gasteiger partial charge in [-0.25, -0.2) is 0 Å². The molecule has 0 aliphatic carbocycles. The Kier molecular flexibility index (Phi) is 12.4. The van der Waals surface area contributed by atoms with E-state index in [-0.39, 0.29) is 18.7 Å². The molecular weight excluding hydrogens is 232 g/mol. The van der Waals surface area contributed by atoms with Crippen LogP contribution in [0.4, 0.5) is 0 Å². The summed E-state index contributed by atoms with van der Waals surface area (Å²) >= 11 is 0. The molecule has 0 aliphatic rings. The lowest BCUT2D eigenvalue weighted by atomic mass is 10.1. The Hall–Kier alpha value is -0.610. The lowest BCUT2D eigenvalue weighted by Crippen LogP contribution is -2.09. The zero-order valence-corrected chi connectivity index (χ0v) is 11.8. The number of hydrogen-bond donors (Lipinski definition) is 1. The Morgan fingerprint density at radius 3 is 2.44 bits per heavy atom. The Morgan fingerprint density at radius 2 is 1.78 bits per heavy atom. The quantitative estimate of drug-likeness (QED) is 0.433. The average molecular weight is 260 g/mol. The largest absolute Gasteiger partial charge is 0.466 e. The molecular formula is C14H28O4. The SMILES string of the molecule is COC(C)CCCC(=O)OCCCCCCCO. The highest BCUT2D eigenvalue weighted by molar-refractivity contribution is 5.69. The summed E-state index contributed by atoms with van der Waals surface area (Å²) in [6, 6.07) is 0. The second kappa shape index (κ2) is 12.8. The van der Waals surface area contributed by atoms with E-state index in [0.717, 1.165) is 44.9 Å². The number of ether oxygens (including phenoxy) is 2. The van der Waals surface area contributed by atoms with Gasteiger partial charge in [-0.05, 0) is 32.6 Å². The average Bonchev–Trinajstić information content (AvgIpc) is 2.37. The van der Waals surface area contributed by atoms with Crippen LogP contribution in [0.1, 0.15) is 58.3 Å². The van der Waals surface area contributed by atoms with Gasteiger partial charge in [-0.2, -0.15) is 0 Å². The minimum absolute atomic E-state index is 0.103. The Labute approximate surface area is 111 Å². The van der Waals surface area contributed by atoms with Crippen LogP contribution in [0, 0.1) is 0 Å². The first-order chi connectivity index (χ1) is 8.70. The van der Waals surface area contributed by atoms with Crippen LogP contribution in [0.15, 0.2) is 0 Å². The molecule has 0 aromatic heterocycles. The Balaban J connectivity index is 3.22. The maximum atomic E-state index is 11.4. The molecule has 0 amide bonds. The fourth-order valence-corrected chi connectivity index (χ4v) is 1.65. The standard InChI is InChI=1S/C14H28O4/c1-13(17-2)9-8-10-14(16)18-12-7-5-3-4-6-11-15/h13,15H,3-12H2,1-2H3. The molecule has 108 valence electrons. The second-order valence-corrected chi connectivity index (χ2v) is 4.65. The summed E-state index contributed by atoms with van der Waals surface area (Å²) in [4.78, 5) is 11.4. The molecule has 1 atom stereocenters. The topological polar surface area (TPSA) is 55.8 Å². The van der Waals surface area contributed by atoms with Gasteiger partial charge >= 0.3 is 5.97 Å². The predicted octanol–water partition coefficient (Wildman–Crippen LogP) is 2.68. The highest BCUT2D eigenvalue weighted by Crippen LogP contribution is 2.06. The third-order valence-corrected chi connectivity index (χ3v) is 2.96. The van der Waals surface area contributed by atoms with Crippen LogP contribution in [0.2, 0.25) is 0 Å². The van der Waals surface area contributed by atoms with E-state index in [2.05, 4.69) is 0 Å². The first-order valence-electron chi connectivity index (χ1n) is 7.00. The van der Waals surface area contributed by atoms with E-state index in [9.17, 15) is 4.79 Å². The number of aliphatic hydroxyl groups excluding tert-OH is 1. The maximum absolute atomic E-state index is 11.4. The normalized spacial score (nSPS) is 12.4. The molecule has 4 nitrogen and oxygen atoms in total. The molecule has 0 rings (SSSR count). The van der Waals surface area contributed by atoms with Crippen LogP contribution >= 0.6 is 0 Å². The minimum Gasteiger partial charge on any atom is -0.466 e. The highest BCUT2D eigenvalue weighted by atomic mass is 16.5. The molecule has 1 unspecified atom stereocenters. The van der Waals surface area contributed by atoms with Crippen molar-refractivity contribution in [1.29, 1.82) is 0 Å². The number of rotatable bonds is 12. The van der Waals surface area contributed by atoms with E-state index in [1.807, 2.05) is 6.92 Å². The summed E-state index contributed by atoms with van der Waals surface area (Å²) in [6.07, 6.45) is 7.43. The van der Waals surface area contributed by atoms with Gasteiger partial charge in [-0.3, -0.25) is 4.79 Å². The van der Waals surface area contributed by atoms with Crippen molar-refractivity contribution in [2.45, 2.75) is 64.4 Å². The Morgan fingerprint density at radius 1 is 1.11 bits per heavy atom. The molecule has 0 aromatic carbocycles. The van der Waals surface area contributed by atoms with Crippen LogP contribution in [-0.4, -0.2) is 37.5 Å². The fourth-order valence-electron chi connectivity index (χ4n) is 1.65. The molecule has 0 aliphatic heterocycles. The van der Waals surface area contributed by atoms with Gasteiger partial charge in [0.2, 0.25) is 0 Å². The third-order valence-electron chi connectivity index (χ3n) is 2.96. The van der Waals surface area contributed by atoms with Gasteiger partial charge in [0.1, 0.15) is 0 Å². The van der Waals surface area contributed by atoms with Crippen LogP contribution in [0.25, 0.3) is 0 Å². The Bertz CT molecular complexity index is 194. The number of aliphatic hydroxyl groups is 1. The molecule has 0 fully saturated rings. The summed E-state index contributed by atoms with van der Waals surface area (Å²) in [5.74, 6) is -0.103. The number of hydrogen-bond acceptors (Lipinski definition) is 4. The molecule has 0 saturated heterocycles. The first kappa shape index (κ1) is 17.4. The number of esters is 1. The molecule has 0 heterocycles. The van der Waals surface area contributed by atoms with Gasteiger partial charge in [0.25, 0.3) is 0 Å². The molecule has 0 aromatic rings. The fraction of sp³-hybridized carbons (Fsp3) is 0.929. The summed E-state index contributed by atoms with van der Waals surface area (Å²) < 4.78 is 10.2. The van der Waals surface area contributed by atoms with Crippen molar-refractivity contribution in [1.82, 2.24) is 0 Å². The van der Waals surface area contributed by atoms with Crippen molar-refractivity contribution in [2.75, 3.05) is 20.3 Å². The van der Waals surface area contributed by atoms with E-state index in [4.69, 9.17) is 14.6 Å². The van der Waals surface area contributed by atoms with Crippen LogP contribution in [-0.2, 0) is 14.3 Å². The molecule has 0 radical (unpaired) electrons. The summed E-state index contributed by atoms with van der Waals surface area (Å²) in [5.41, 5.74) is 0. The van der Waals surface area contributed by atoms with Gasteiger partial charge < -0.3 is 14.6 Å². The van der Waals surface area contributed by atoms with Gasteiger partial charge in [-0.15, -0.1) is 0 Å². The van der Waals surface area contributed by atoms with Crippen molar-refractivity contribution < 1.29 is 19.4 Å². The van der Waals surface area contributed by atoms with E-state index >= 15 is 0 Å². The van der Waals surface area contributed by atoms with E-state index in [0.29, 0.717) is 13.0 Å². The number of carbonyl (C=O) groups is 1. The zero-order valence-electron chi connectivity index (χ0n) is 11.8. The smallest absolute Gasteiger partial charge is 0.305 e. The predicted molar refractivity (Wildman–Crippen MR) is 71.5 cm³/mol. The van der Waals surface area contributed by atoms with Gasteiger partial charge in [0, 0.05) is 20.1 Å². The van der Waals surface area contributed by atoms with Crippen LogP contribution < -0.4 is 0 Å². The first-order valence-corrected chi connectivity index (χ1v) is 7.00. The maximum Gasteiger partial charge on any atom is 0.305 e. The molecule has 0 saturated carbocycles. The van der Waals surface area contributed by atoms with E-state index in [1.165, 1.54) is 0 Å². The zero-order chi connectivity index (χ0) is 13.6. The van der Waals surface area contributed by atoms with Crippen molar-refractivity contribution in [3.63, 3.8) is 0 Å². The van der Waals surface area contributed by atoms with E-state index in [1.54, 1.807) is 7.11 Å². The number of carbonyl (C=O) groups excluding carboxylic acids is 1. The van der Waals surface area contributed by atoms with Crippen LogP contribution in [0.5, 0.6) is 0 Å². The number of methoxy groups -OCH3 is 1. The van der Waals surface area contributed by atoms with Crippen molar-refractivity contribution in [3.8, 4) is 0 Å². The van der Waals surface area contributed by atoms with Gasteiger partial charge in [0.15, 0.2) is 0 Å². The summed E-state index contributed by atoms with van der Waals surface area (Å²) in [5, 5.41) is 8.60. The second-order valence-electron chi connectivity index (χ2n) is 4.65. The molecule has 4 heteroatoms. The lowest BCUT2D eigenvalue weighted by Gasteiger charge is -2.08. The molecule has 18 heavy (non-hydrogen) atoms. The molecule has 1 N–H and O–H groups in total. The van der Waals surface area contributed by atoms with E-state index < -0.39 is 0 Å². The number of unbranched alkanes of at least 4 members (excludes halogenated alkanes) is 4. The highest BCUT2D eigenvalue weighted by Gasteiger charge is 2.05. The third kappa shape index (κ3) is 11.9. The van der Waals surface area contributed by atoms with Gasteiger partial charge in [0.05, 0.1) is 12.7 Å². The summed E-state index contributed by atoms with van der Waals surface area (Å²) in [6.45, 7) is 2.80. The van der Waals surface area contributed by atoms with Crippen molar-refractivity contribution >= 4 is 5.97 Å².